The fourth-order valence-electron chi connectivity index (χ4n) is 2.91. The first-order chi connectivity index (χ1) is 9.99. The van der Waals surface area contributed by atoms with Crippen molar-refractivity contribution in [2.24, 2.45) is 11.8 Å². The number of likely N-dealkylation sites (tertiary alicyclic amines) is 1. The first-order valence-electron chi connectivity index (χ1n) is 7.08. The monoisotopic (exact) mass is 286 g/mol. The van der Waals surface area contributed by atoms with E-state index in [0.717, 1.165) is 16.6 Å². The Morgan fingerprint density at radius 2 is 2.00 bits per heavy atom. The van der Waals surface area contributed by atoms with Crippen molar-refractivity contribution in [1.29, 1.82) is 0 Å². The predicted molar refractivity (Wildman–Crippen MR) is 79.2 cm³/mol. The lowest BCUT2D eigenvalue weighted by molar-refractivity contribution is -0.144. The van der Waals surface area contributed by atoms with E-state index in [1.807, 2.05) is 31.2 Å². The average Bonchev–Trinajstić information content (AvgIpc) is 2.72. The minimum atomic E-state index is -0.796. The van der Waals surface area contributed by atoms with Gasteiger partial charge in [-0.1, -0.05) is 25.1 Å². The van der Waals surface area contributed by atoms with Gasteiger partial charge in [0, 0.05) is 35.6 Å². The van der Waals surface area contributed by atoms with Crippen molar-refractivity contribution in [2.75, 3.05) is 13.1 Å². The molecule has 1 atom stereocenters. The molecule has 1 aromatic heterocycles. The van der Waals surface area contributed by atoms with Gasteiger partial charge in [-0.05, 0) is 13.0 Å². The van der Waals surface area contributed by atoms with Crippen LogP contribution in [0, 0.1) is 18.8 Å². The molecule has 1 fully saturated rings. The molecule has 3 rings (SSSR count). The summed E-state index contributed by atoms with van der Waals surface area (Å²) < 4.78 is 0. The van der Waals surface area contributed by atoms with Crippen LogP contribution in [-0.4, -0.2) is 40.0 Å². The number of fused-ring (bicyclic) bond motifs is 1. The molecule has 0 radical (unpaired) electrons. The summed E-state index contributed by atoms with van der Waals surface area (Å²) in [4.78, 5) is 28.5. The summed E-state index contributed by atoms with van der Waals surface area (Å²) >= 11 is 0. The van der Waals surface area contributed by atoms with Crippen molar-refractivity contribution in [3.63, 3.8) is 0 Å². The zero-order valence-corrected chi connectivity index (χ0v) is 12.1. The van der Waals surface area contributed by atoms with E-state index < -0.39 is 11.9 Å². The van der Waals surface area contributed by atoms with Gasteiger partial charge in [-0.25, -0.2) is 0 Å². The number of aryl methyl sites for hydroxylation is 1. The molecule has 0 spiro atoms. The van der Waals surface area contributed by atoms with Gasteiger partial charge >= 0.3 is 5.97 Å². The fourth-order valence-corrected chi connectivity index (χ4v) is 2.91. The Labute approximate surface area is 122 Å². The minimum Gasteiger partial charge on any atom is -0.481 e. The molecule has 2 aromatic rings. The van der Waals surface area contributed by atoms with Crippen LogP contribution in [0.3, 0.4) is 0 Å². The lowest BCUT2D eigenvalue weighted by atomic mass is 9.86. The Morgan fingerprint density at radius 3 is 2.67 bits per heavy atom. The molecule has 1 aliphatic rings. The number of benzene rings is 1. The Hall–Kier alpha value is -2.30. The molecule has 2 N–H and O–H groups in total. The Morgan fingerprint density at radius 1 is 1.33 bits per heavy atom. The molecule has 0 aliphatic carbocycles. The minimum absolute atomic E-state index is 0.0150. The fraction of sp³-hybridized carbons (Fsp3) is 0.375. The van der Waals surface area contributed by atoms with Crippen molar-refractivity contribution in [2.45, 2.75) is 13.8 Å². The maximum atomic E-state index is 12.6. The van der Waals surface area contributed by atoms with Crippen LogP contribution in [0.1, 0.15) is 23.0 Å². The van der Waals surface area contributed by atoms with E-state index >= 15 is 0 Å². The van der Waals surface area contributed by atoms with Gasteiger partial charge in [0.1, 0.15) is 0 Å². The Bertz CT molecular complexity index is 713. The van der Waals surface area contributed by atoms with Gasteiger partial charge < -0.3 is 15.0 Å². The van der Waals surface area contributed by atoms with Crippen LogP contribution in [-0.2, 0) is 4.79 Å². The number of amides is 1. The summed E-state index contributed by atoms with van der Waals surface area (Å²) in [6.45, 7) is 4.63. The summed E-state index contributed by atoms with van der Waals surface area (Å²) in [5.74, 6) is -1.16. The van der Waals surface area contributed by atoms with Gasteiger partial charge in [0.25, 0.3) is 5.91 Å². The summed E-state index contributed by atoms with van der Waals surface area (Å²) in [5, 5.41) is 9.93. The highest BCUT2D eigenvalue weighted by molar-refractivity contribution is 6.08. The van der Waals surface area contributed by atoms with Crippen molar-refractivity contribution in [3.8, 4) is 0 Å². The zero-order valence-electron chi connectivity index (χ0n) is 12.1. The number of nitrogens with zero attached hydrogens (tertiary/aromatic N) is 1. The number of carboxylic acids is 1. The van der Waals surface area contributed by atoms with Crippen molar-refractivity contribution < 1.29 is 14.7 Å². The van der Waals surface area contributed by atoms with E-state index in [9.17, 15) is 9.59 Å². The summed E-state index contributed by atoms with van der Waals surface area (Å²) in [5.41, 5.74) is 2.51. The summed E-state index contributed by atoms with van der Waals surface area (Å²) in [7, 11) is 0. The second-order valence-electron chi connectivity index (χ2n) is 5.77. The largest absolute Gasteiger partial charge is 0.481 e. The molecule has 0 bridgehead atoms. The summed E-state index contributed by atoms with van der Waals surface area (Å²) in [6, 6.07) is 7.73. The number of rotatable bonds is 3. The predicted octanol–water partition coefficient (Wildman–Crippen LogP) is 2.27. The molecule has 1 amide bonds. The Balaban J connectivity index is 1.80. The first-order valence-corrected chi connectivity index (χ1v) is 7.08. The van der Waals surface area contributed by atoms with Gasteiger partial charge in [0.05, 0.1) is 11.5 Å². The molecule has 2 heterocycles. The number of aliphatic carboxylic acids is 1. The maximum absolute atomic E-state index is 12.6. The van der Waals surface area contributed by atoms with E-state index in [4.69, 9.17) is 5.11 Å². The highest BCUT2D eigenvalue weighted by Gasteiger charge is 2.38. The average molecular weight is 286 g/mol. The quantitative estimate of drug-likeness (QED) is 0.909. The van der Waals surface area contributed by atoms with Crippen LogP contribution < -0.4 is 0 Å². The number of carboxylic acid groups (broad SMARTS) is 1. The lowest BCUT2D eigenvalue weighted by Crippen LogP contribution is -2.53. The molecule has 1 unspecified atom stereocenters. The molecule has 0 saturated carbocycles. The van der Waals surface area contributed by atoms with Gasteiger partial charge in [-0.15, -0.1) is 0 Å². The van der Waals surface area contributed by atoms with E-state index in [0.29, 0.717) is 18.7 Å². The van der Waals surface area contributed by atoms with Gasteiger partial charge in [0.2, 0.25) is 0 Å². The number of H-pyrrole nitrogens is 1. The molecule has 1 aliphatic heterocycles. The van der Waals surface area contributed by atoms with Crippen LogP contribution in [0.2, 0.25) is 0 Å². The lowest BCUT2D eigenvalue weighted by Gasteiger charge is -2.41. The molecule has 21 heavy (non-hydrogen) atoms. The van der Waals surface area contributed by atoms with Gasteiger partial charge in [0.15, 0.2) is 0 Å². The topological polar surface area (TPSA) is 73.4 Å². The van der Waals surface area contributed by atoms with Crippen molar-refractivity contribution >= 4 is 22.8 Å². The second kappa shape index (κ2) is 4.91. The van der Waals surface area contributed by atoms with E-state index in [1.165, 1.54) is 0 Å². The molecule has 1 saturated heterocycles. The Kier molecular flexibility index (Phi) is 3.20. The number of carbonyl (C=O) groups excluding carboxylic acids is 1. The number of hydrogen-bond donors (Lipinski definition) is 2. The highest BCUT2D eigenvalue weighted by Crippen LogP contribution is 2.29. The zero-order chi connectivity index (χ0) is 15.1. The molecule has 110 valence electrons. The first kappa shape index (κ1) is 13.7. The number of aromatic amines is 1. The number of nitrogens with one attached hydrogen (secondary N) is 1. The molecular weight excluding hydrogens is 268 g/mol. The van der Waals surface area contributed by atoms with E-state index in [2.05, 4.69) is 4.98 Å². The number of para-hydroxylation sites is 1. The van der Waals surface area contributed by atoms with E-state index in [1.54, 1.807) is 11.8 Å². The molecule has 5 heteroatoms. The third-order valence-electron chi connectivity index (χ3n) is 4.40. The molecule has 1 aromatic carbocycles. The highest BCUT2D eigenvalue weighted by atomic mass is 16.4. The van der Waals surface area contributed by atoms with E-state index in [-0.39, 0.29) is 11.8 Å². The van der Waals surface area contributed by atoms with Crippen LogP contribution >= 0.6 is 0 Å². The van der Waals surface area contributed by atoms with Crippen LogP contribution in [0.5, 0.6) is 0 Å². The van der Waals surface area contributed by atoms with Crippen molar-refractivity contribution in [3.05, 3.63) is 35.5 Å². The summed E-state index contributed by atoms with van der Waals surface area (Å²) in [6.07, 6.45) is 0. The normalized spacial score (nSPS) is 16.8. The number of aromatic nitrogens is 1. The third-order valence-corrected chi connectivity index (χ3v) is 4.40. The maximum Gasteiger partial charge on any atom is 0.306 e. The van der Waals surface area contributed by atoms with Crippen LogP contribution in [0.15, 0.2) is 24.3 Å². The second-order valence-corrected chi connectivity index (χ2v) is 5.77. The standard InChI is InChI=1S/C16H18N2O3/c1-9(16(20)21)11-7-18(8-11)15(19)14-10(2)17-13-6-4-3-5-12(13)14/h3-6,9,11,17H,7-8H2,1-2H3,(H,20,21). The molecule has 5 nitrogen and oxygen atoms in total. The number of hydrogen-bond acceptors (Lipinski definition) is 2. The molecular formula is C16H18N2O3. The van der Waals surface area contributed by atoms with Crippen molar-refractivity contribution in [1.82, 2.24) is 9.88 Å². The van der Waals surface area contributed by atoms with Gasteiger partial charge in [-0.3, -0.25) is 9.59 Å². The SMILES string of the molecule is Cc1[nH]c2ccccc2c1C(=O)N1CC(C(C)C(=O)O)C1. The van der Waals surface area contributed by atoms with Crippen LogP contribution in [0.25, 0.3) is 10.9 Å². The third kappa shape index (κ3) is 2.18. The van der Waals surface area contributed by atoms with Gasteiger partial charge in [-0.2, -0.15) is 0 Å². The number of carbonyl (C=O) groups is 2. The smallest absolute Gasteiger partial charge is 0.306 e. The van der Waals surface area contributed by atoms with Crippen LogP contribution in [0.4, 0.5) is 0 Å².